The molecule has 3 aliphatic rings. The van der Waals surface area contributed by atoms with E-state index in [9.17, 15) is 0 Å². The van der Waals surface area contributed by atoms with Crippen molar-refractivity contribution in [2.75, 3.05) is 32.0 Å². The van der Waals surface area contributed by atoms with Gasteiger partial charge in [-0.15, -0.1) is 5.53 Å². The quantitative estimate of drug-likeness (QED) is 0.674. The zero-order chi connectivity index (χ0) is 20.7. The first-order valence-electron chi connectivity index (χ1n) is 10.6. The molecule has 2 aromatic rings. The van der Waals surface area contributed by atoms with Crippen molar-refractivity contribution in [1.82, 2.24) is 20.9 Å². The molecule has 0 spiro atoms. The second-order valence-corrected chi connectivity index (χ2v) is 8.84. The number of hydrogen-bond acceptors (Lipinski definition) is 5. The molecule has 0 radical (unpaired) electrons. The van der Waals surface area contributed by atoms with Crippen molar-refractivity contribution in [3.63, 3.8) is 0 Å². The van der Waals surface area contributed by atoms with E-state index in [4.69, 9.17) is 11.6 Å². The Balaban J connectivity index is 1.57. The number of fused-ring (bicyclic) bond motifs is 3. The third kappa shape index (κ3) is 3.69. The van der Waals surface area contributed by atoms with E-state index in [1.165, 1.54) is 28.0 Å². The minimum absolute atomic E-state index is 0.206. The Kier molecular flexibility index (Phi) is 5.19. The van der Waals surface area contributed by atoms with E-state index in [2.05, 4.69) is 70.5 Å². The van der Waals surface area contributed by atoms with E-state index in [0.717, 1.165) is 48.9 Å². The first-order valence-corrected chi connectivity index (χ1v) is 11.0. The second-order valence-electron chi connectivity index (χ2n) is 8.40. The number of halogens is 1. The lowest BCUT2D eigenvalue weighted by molar-refractivity contribution is 0.281. The average molecular weight is 422 g/mol. The molecule has 3 aliphatic heterocycles. The van der Waals surface area contributed by atoms with Gasteiger partial charge in [-0.1, -0.05) is 35.9 Å². The highest BCUT2D eigenvalue weighted by Gasteiger charge is 2.30. The van der Waals surface area contributed by atoms with Crippen molar-refractivity contribution < 1.29 is 0 Å². The van der Waals surface area contributed by atoms with Gasteiger partial charge in [0, 0.05) is 35.9 Å². The van der Waals surface area contributed by atoms with E-state index < -0.39 is 0 Å². The first kappa shape index (κ1) is 19.5. The summed E-state index contributed by atoms with van der Waals surface area (Å²) in [4.78, 5) is 2.36. The molecule has 1 unspecified atom stereocenters. The largest absolute Gasteiger partial charge is 0.378 e. The van der Waals surface area contributed by atoms with Crippen LogP contribution in [-0.4, -0.2) is 36.6 Å². The Morgan fingerprint density at radius 2 is 2.03 bits per heavy atom. The monoisotopic (exact) mass is 421 g/mol. The molecule has 2 aromatic carbocycles. The van der Waals surface area contributed by atoms with Crippen LogP contribution in [0.25, 0.3) is 11.3 Å². The maximum atomic E-state index is 6.25. The van der Waals surface area contributed by atoms with Crippen LogP contribution in [0.15, 0.2) is 54.2 Å². The van der Waals surface area contributed by atoms with Crippen molar-refractivity contribution in [3.05, 3.63) is 76.0 Å². The summed E-state index contributed by atoms with van der Waals surface area (Å²) in [6.45, 7) is 5.17. The molecule has 0 saturated carbocycles. The molecule has 5 rings (SSSR count). The van der Waals surface area contributed by atoms with Crippen LogP contribution in [0.3, 0.4) is 0 Å². The molecule has 3 heterocycles. The highest BCUT2D eigenvalue weighted by Crippen LogP contribution is 2.39. The lowest BCUT2D eigenvalue weighted by Crippen LogP contribution is -2.37. The molecule has 0 fully saturated rings. The molecule has 0 aromatic heterocycles. The number of nitrogens with one attached hydrogen (secondary N) is 3. The minimum atomic E-state index is 0.206. The number of benzene rings is 2. The number of rotatable bonds is 3. The third-order valence-corrected chi connectivity index (χ3v) is 6.51. The van der Waals surface area contributed by atoms with Crippen LogP contribution in [-0.2, 0) is 0 Å². The maximum absolute atomic E-state index is 6.25. The number of allylic oxidation sites excluding steroid dienone is 1. The lowest BCUT2D eigenvalue weighted by atomic mass is 9.90. The van der Waals surface area contributed by atoms with Gasteiger partial charge >= 0.3 is 0 Å². The number of anilines is 1. The van der Waals surface area contributed by atoms with Crippen molar-refractivity contribution in [2.24, 2.45) is 0 Å². The SMILES string of the molecule is CC1=C2c3ccc(C4=CCN(C)CC4)cc3C(Nc3cccc(Cl)c3)CCN2NN1. The van der Waals surface area contributed by atoms with Crippen molar-refractivity contribution in [3.8, 4) is 0 Å². The molecule has 1 atom stereocenters. The molecule has 156 valence electrons. The standard InChI is InChI=1S/C24H28ClN5/c1-16-24-21-7-6-18(17-8-11-29(2)12-9-17)14-22(21)23(10-13-30(24)28-27-16)26-20-5-3-4-19(25)15-20/h3-8,14-15,23,26-28H,9-13H2,1-2H3. The van der Waals surface area contributed by atoms with Gasteiger partial charge in [0.05, 0.1) is 17.4 Å². The minimum Gasteiger partial charge on any atom is -0.378 e. The summed E-state index contributed by atoms with van der Waals surface area (Å²) in [5, 5.41) is 6.73. The molecule has 5 nitrogen and oxygen atoms in total. The van der Waals surface area contributed by atoms with E-state index in [1.807, 2.05) is 18.2 Å². The zero-order valence-electron chi connectivity index (χ0n) is 17.5. The van der Waals surface area contributed by atoms with Gasteiger partial charge in [0.2, 0.25) is 0 Å². The third-order valence-electron chi connectivity index (χ3n) is 6.28. The van der Waals surface area contributed by atoms with Crippen LogP contribution in [0.4, 0.5) is 5.69 Å². The van der Waals surface area contributed by atoms with E-state index in [-0.39, 0.29) is 6.04 Å². The summed E-state index contributed by atoms with van der Waals surface area (Å²) in [7, 11) is 2.18. The predicted molar refractivity (Wildman–Crippen MR) is 125 cm³/mol. The van der Waals surface area contributed by atoms with Crippen LogP contribution < -0.4 is 16.3 Å². The fourth-order valence-corrected chi connectivity index (χ4v) is 4.82. The number of nitrogens with zero attached hydrogens (tertiary/aromatic N) is 2. The zero-order valence-corrected chi connectivity index (χ0v) is 18.3. The van der Waals surface area contributed by atoms with Gasteiger partial charge in [0.1, 0.15) is 0 Å². The Morgan fingerprint density at radius 1 is 1.13 bits per heavy atom. The molecule has 0 amide bonds. The van der Waals surface area contributed by atoms with Crippen LogP contribution in [0, 0.1) is 0 Å². The molecular weight excluding hydrogens is 394 g/mol. The molecular formula is C24H28ClN5. The van der Waals surface area contributed by atoms with Crippen LogP contribution in [0.2, 0.25) is 5.02 Å². The molecule has 30 heavy (non-hydrogen) atoms. The van der Waals surface area contributed by atoms with Gasteiger partial charge in [-0.05, 0) is 67.8 Å². The molecule has 3 N–H and O–H groups in total. The highest BCUT2D eigenvalue weighted by atomic mass is 35.5. The second kappa shape index (κ2) is 7.99. The lowest BCUT2D eigenvalue weighted by Gasteiger charge is -2.24. The van der Waals surface area contributed by atoms with Crippen molar-refractivity contribution in [1.29, 1.82) is 0 Å². The predicted octanol–water partition coefficient (Wildman–Crippen LogP) is 4.63. The smallest absolute Gasteiger partial charge is 0.0814 e. The summed E-state index contributed by atoms with van der Waals surface area (Å²) in [5.41, 5.74) is 15.5. The van der Waals surface area contributed by atoms with Gasteiger partial charge in [-0.2, -0.15) is 0 Å². The van der Waals surface area contributed by atoms with E-state index >= 15 is 0 Å². The maximum Gasteiger partial charge on any atom is 0.0814 e. The summed E-state index contributed by atoms with van der Waals surface area (Å²) < 4.78 is 0. The van der Waals surface area contributed by atoms with Crippen molar-refractivity contribution >= 4 is 28.6 Å². The van der Waals surface area contributed by atoms with Crippen molar-refractivity contribution in [2.45, 2.75) is 25.8 Å². The van der Waals surface area contributed by atoms with Crippen LogP contribution in [0.1, 0.15) is 42.5 Å². The number of hydrazine groups is 2. The Bertz CT molecular complexity index is 1030. The average Bonchev–Trinajstić information content (AvgIpc) is 3.03. The van der Waals surface area contributed by atoms with Gasteiger partial charge in [0.15, 0.2) is 0 Å². The fraction of sp³-hybridized carbons (Fsp3) is 0.333. The fourth-order valence-electron chi connectivity index (χ4n) is 4.63. The first-order chi connectivity index (χ1) is 14.6. The summed E-state index contributed by atoms with van der Waals surface area (Å²) in [6, 6.07) is 15.2. The highest BCUT2D eigenvalue weighted by molar-refractivity contribution is 6.30. The van der Waals surface area contributed by atoms with Crippen LogP contribution in [0.5, 0.6) is 0 Å². The molecule has 6 heteroatoms. The molecule has 0 aliphatic carbocycles. The topological polar surface area (TPSA) is 42.6 Å². The number of likely N-dealkylation sites (N-methyl/N-ethyl adjacent to an activating group) is 1. The van der Waals surface area contributed by atoms with Crippen LogP contribution >= 0.6 is 11.6 Å². The number of hydrogen-bond donors (Lipinski definition) is 3. The van der Waals surface area contributed by atoms with Gasteiger partial charge < -0.3 is 15.6 Å². The summed E-state index contributed by atoms with van der Waals surface area (Å²) in [5.74, 6) is 0. The normalized spacial score (nSPS) is 21.5. The molecule has 0 bridgehead atoms. The summed E-state index contributed by atoms with van der Waals surface area (Å²) in [6.07, 6.45) is 4.45. The Hall–Kier alpha value is -2.47. The van der Waals surface area contributed by atoms with Gasteiger partial charge in [-0.25, -0.2) is 0 Å². The van der Waals surface area contributed by atoms with Gasteiger partial charge in [0.25, 0.3) is 0 Å². The Labute approximate surface area is 183 Å². The summed E-state index contributed by atoms with van der Waals surface area (Å²) >= 11 is 6.25. The van der Waals surface area contributed by atoms with E-state index in [1.54, 1.807) is 0 Å². The van der Waals surface area contributed by atoms with Gasteiger partial charge in [-0.3, -0.25) is 5.01 Å². The Morgan fingerprint density at radius 3 is 2.83 bits per heavy atom. The molecule has 0 saturated heterocycles. The van der Waals surface area contributed by atoms with E-state index in [0.29, 0.717) is 0 Å².